The molecule has 25 heavy (non-hydrogen) atoms. The monoisotopic (exact) mass is 376 g/mol. The minimum atomic E-state index is -0.838. The van der Waals surface area contributed by atoms with E-state index in [1.165, 1.54) is 28.7 Å². The Morgan fingerprint density at radius 2 is 2.08 bits per heavy atom. The molecular weight excluding hydrogens is 364 g/mol. The lowest BCUT2D eigenvalue weighted by Gasteiger charge is -2.06. The molecule has 128 valence electrons. The zero-order chi connectivity index (χ0) is 17.8. The number of hydrogen-bond donors (Lipinski definition) is 2. The van der Waals surface area contributed by atoms with Crippen LogP contribution in [-0.4, -0.2) is 34.5 Å². The van der Waals surface area contributed by atoms with Crippen LogP contribution in [0, 0.1) is 0 Å². The molecule has 3 heterocycles. The Balaban J connectivity index is 1.75. The average Bonchev–Trinajstić information content (AvgIpc) is 3.21. The van der Waals surface area contributed by atoms with Crippen molar-refractivity contribution in [2.24, 2.45) is 0 Å². The quantitative estimate of drug-likeness (QED) is 0.724. The highest BCUT2D eigenvalue weighted by Crippen LogP contribution is 2.26. The summed E-state index contributed by atoms with van der Waals surface area (Å²) in [5.41, 5.74) is 0.804. The Morgan fingerprint density at radius 1 is 1.24 bits per heavy atom. The predicted octanol–water partition coefficient (Wildman–Crippen LogP) is 2.89. The number of ether oxygens (including phenoxy) is 1. The Morgan fingerprint density at radius 3 is 2.84 bits per heavy atom. The Bertz CT molecular complexity index is 917. The van der Waals surface area contributed by atoms with Gasteiger partial charge in [0.1, 0.15) is 10.5 Å². The minimum Gasteiger partial charge on any atom is -0.450 e. The van der Waals surface area contributed by atoms with Crippen LogP contribution < -0.4 is 10.6 Å². The van der Waals surface area contributed by atoms with Gasteiger partial charge in [-0.3, -0.25) is 19.9 Å². The first-order chi connectivity index (χ1) is 12.1. The van der Waals surface area contributed by atoms with Crippen LogP contribution in [0.15, 0.2) is 29.9 Å². The second-order valence-electron chi connectivity index (χ2n) is 4.65. The first-order valence-corrected chi connectivity index (χ1v) is 8.85. The predicted molar refractivity (Wildman–Crippen MR) is 94.2 cm³/mol. The average molecular weight is 376 g/mol. The molecule has 0 atom stereocenters. The van der Waals surface area contributed by atoms with Crippen molar-refractivity contribution < 1.29 is 19.1 Å². The van der Waals surface area contributed by atoms with Crippen molar-refractivity contribution in [3.05, 3.63) is 40.5 Å². The van der Waals surface area contributed by atoms with Gasteiger partial charge in [0, 0.05) is 6.20 Å². The summed E-state index contributed by atoms with van der Waals surface area (Å²) in [5.74, 6) is -1.09. The number of thiophene rings is 1. The molecule has 0 bridgehead atoms. The molecule has 0 aliphatic rings. The van der Waals surface area contributed by atoms with Gasteiger partial charge in [0.05, 0.1) is 23.1 Å². The van der Waals surface area contributed by atoms with Gasteiger partial charge < -0.3 is 10.1 Å². The Labute approximate surface area is 149 Å². The van der Waals surface area contributed by atoms with Crippen LogP contribution in [-0.2, 0) is 4.74 Å². The van der Waals surface area contributed by atoms with E-state index < -0.39 is 17.9 Å². The summed E-state index contributed by atoms with van der Waals surface area (Å²) in [7, 11) is 0. The van der Waals surface area contributed by atoms with Crippen molar-refractivity contribution in [2.45, 2.75) is 6.92 Å². The Hall–Kier alpha value is -2.85. The van der Waals surface area contributed by atoms with Crippen molar-refractivity contribution in [1.82, 2.24) is 15.3 Å². The van der Waals surface area contributed by atoms with Gasteiger partial charge in [-0.25, -0.2) is 9.78 Å². The largest absolute Gasteiger partial charge is 0.450 e. The molecule has 0 fully saturated rings. The normalized spacial score (nSPS) is 10.4. The maximum Gasteiger partial charge on any atom is 0.414 e. The molecule has 2 N–H and O–H groups in total. The molecule has 10 heteroatoms. The van der Waals surface area contributed by atoms with E-state index in [1.54, 1.807) is 30.8 Å². The third kappa shape index (κ3) is 3.80. The molecular formula is C15H12N4O4S2. The van der Waals surface area contributed by atoms with E-state index in [9.17, 15) is 14.4 Å². The maximum atomic E-state index is 12.4. The molecule has 3 rings (SSSR count). The zero-order valence-corrected chi connectivity index (χ0v) is 14.6. The summed E-state index contributed by atoms with van der Waals surface area (Å²) in [6, 6.07) is 3.28. The van der Waals surface area contributed by atoms with Gasteiger partial charge in [-0.2, -0.15) is 0 Å². The zero-order valence-electron chi connectivity index (χ0n) is 12.9. The number of nitrogens with zero attached hydrogens (tertiary/aromatic N) is 2. The van der Waals surface area contributed by atoms with E-state index in [0.717, 1.165) is 4.70 Å². The molecule has 0 aliphatic carbocycles. The summed E-state index contributed by atoms with van der Waals surface area (Å²) in [4.78, 5) is 44.0. The van der Waals surface area contributed by atoms with Gasteiger partial charge in [-0.05, 0) is 24.4 Å². The number of hydrogen-bond acceptors (Lipinski definition) is 8. The fourth-order valence-corrected chi connectivity index (χ4v) is 3.55. The van der Waals surface area contributed by atoms with E-state index in [2.05, 4.69) is 25.3 Å². The topological polar surface area (TPSA) is 110 Å². The second-order valence-corrected chi connectivity index (χ2v) is 6.60. The first-order valence-electron chi connectivity index (χ1n) is 7.16. The lowest BCUT2D eigenvalue weighted by atomic mass is 10.3. The summed E-state index contributed by atoms with van der Waals surface area (Å²) in [6.45, 7) is 1.78. The summed E-state index contributed by atoms with van der Waals surface area (Å²) < 4.78 is 5.50. The number of amides is 3. The molecule has 3 aromatic heterocycles. The number of thiazole rings is 1. The number of anilines is 1. The third-order valence-corrected chi connectivity index (χ3v) is 4.88. The van der Waals surface area contributed by atoms with Crippen LogP contribution in [0.4, 0.5) is 9.80 Å². The smallest absolute Gasteiger partial charge is 0.414 e. The second kappa shape index (κ2) is 7.36. The van der Waals surface area contributed by atoms with Crippen molar-refractivity contribution in [3.63, 3.8) is 0 Å². The number of carbonyl (C=O) groups is 3. The molecule has 8 nitrogen and oxygen atoms in total. The number of imide groups is 1. The fourth-order valence-electron chi connectivity index (χ4n) is 1.95. The van der Waals surface area contributed by atoms with Gasteiger partial charge in [-0.15, -0.1) is 22.7 Å². The highest BCUT2D eigenvalue weighted by atomic mass is 32.1. The molecule has 0 saturated heterocycles. The van der Waals surface area contributed by atoms with Crippen LogP contribution in [0.3, 0.4) is 0 Å². The molecule has 0 aliphatic heterocycles. The van der Waals surface area contributed by atoms with Crippen LogP contribution >= 0.6 is 22.7 Å². The number of alkyl carbamates (subject to hydrolysis) is 1. The van der Waals surface area contributed by atoms with Crippen molar-refractivity contribution in [2.75, 3.05) is 11.9 Å². The van der Waals surface area contributed by atoms with E-state index in [-0.39, 0.29) is 17.2 Å². The van der Waals surface area contributed by atoms with E-state index in [4.69, 9.17) is 0 Å². The van der Waals surface area contributed by atoms with Gasteiger partial charge in [0.15, 0.2) is 5.01 Å². The number of nitrogens with one attached hydrogen (secondary N) is 2. The van der Waals surface area contributed by atoms with Gasteiger partial charge in [-0.1, -0.05) is 0 Å². The molecule has 0 spiro atoms. The van der Waals surface area contributed by atoms with Crippen molar-refractivity contribution in [1.29, 1.82) is 0 Å². The van der Waals surface area contributed by atoms with Crippen LogP contribution in [0.5, 0.6) is 0 Å². The molecule has 0 saturated carbocycles. The van der Waals surface area contributed by atoms with Crippen molar-refractivity contribution in [3.8, 4) is 0 Å². The number of rotatable bonds is 4. The number of pyridine rings is 1. The molecule has 3 amide bonds. The number of aromatic nitrogens is 2. The van der Waals surface area contributed by atoms with Gasteiger partial charge >= 0.3 is 6.09 Å². The molecule has 0 radical (unpaired) electrons. The maximum absolute atomic E-state index is 12.4. The van der Waals surface area contributed by atoms with Crippen LogP contribution in [0.1, 0.15) is 27.1 Å². The standard InChI is InChI=1S/C15H12N4O4S2/c1-2-23-15(22)19-11(20)8-4-6-24-13(8)18-12(21)14-17-9-7-16-5-3-10(9)25-14/h3-7H,2H2,1H3,(H,18,21)(H,19,20,22). The lowest BCUT2D eigenvalue weighted by Crippen LogP contribution is -2.31. The summed E-state index contributed by atoms with van der Waals surface area (Å²) >= 11 is 2.39. The van der Waals surface area contributed by atoms with Crippen LogP contribution in [0.2, 0.25) is 0 Å². The summed E-state index contributed by atoms with van der Waals surface area (Å²) in [5, 5.41) is 6.96. The number of carbonyl (C=O) groups excluding carboxylic acids is 3. The minimum absolute atomic E-state index is 0.152. The third-order valence-electron chi connectivity index (χ3n) is 3.01. The molecule has 0 unspecified atom stereocenters. The van der Waals surface area contributed by atoms with Crippen LogP contribution in [0.25, 0.3) is 10.2 Å². The van der Waals surface area contributed by atoms with Gasteiger partial charge in [0.25, 0.3) is 11.8 Å². The molecule has 3 aromatic rings. The van der Waals surface area contributed by atoms with E-state index in [1.807, 2.05) is 0 Å². The summed E-state index contributed by atoms with van der Waals surface area (Å²) in [6.07, 6.45) is 2.36. The highest BCUT2D eigenvalue weighted by Gasteiger charge is 2.20. The lowest BCUT2D eigenvalue weighted by molar-refractivity contribution is 0.0926. The fraction of sp³-hybridized carbons (Fsp3) is 0.133. The number of fused-ring (bicyclic) bond motifs is 1. The van der Waals surface area contributed by atoms with Gasteiger partial charge in [0.2, 0.25) is 0 Å². The highest BCUT2D eigenvalue weighted by molar-refractivity contribution is 7.20. The first kappa shape index (κ1) is 17.0. The SMILES string of the molecule is CCOC(=O)NC(=O)c1ccsc1NC(=O)c1nc2cnccc2s1. The van der Waals surface area contributed by atoms with Crippen molar-refractivity contribution >= 4 is 55.8 Å². The van der Waals surface area contributed by atoms with E-state index >= 15 is 0 Å². The molecule has 0 aromatic carbocycles. The Kier molecular flexibility index (Phi) is 5.00. The van der Waals surface area contributed by atoms with E-state index in [0.29, 0.717) is 10.5 Å².